The van der Waals surface area contributed by atoms with Crippen molar-refractivity contribution in [1.29, 1.82) is 0 Å². The lowest BCUT2D eigenvalue weighted by Crippen LogP contribution is -2.43. The number of hydrogen-bond acceptors (Lipinski definition) is 4. The number of benzene rings is 1. The molecule has 0 bridgehead atoms. The van der Waals surface area contributed by atoms with Crippen LogP contribution in [0.4, 0.5) is 5.69 Å². The van der Waals surface area contributed by atoms with E-state index in [4.69, 9.17) is 27.9 Å². The SMILES string of the molecule is NNC(c1ccc(Cl)cc1N)C1CCOC2(CCCC2)C1. The Morgan fingerprint density at radius 1 is 1.33 bits per heavy atom. The van der Waals surface area contributed by atoms with E-state index in [2.05, 4.69) is 5.43 Å². The second kappa shape index (κ2) is 6.13. The van der Waals surface area contributed by atoms with Crippen molar-refractivity contribution >= 4 is 17.3 Å². The largest absolute Gasteiger partial charge is 0.398 e. The van der Waals surface area contributed by atoms with Crippen LogP contribution >= 0.6 is 11.6 Å². The molecule has 116 valence electrons. The summed E-state index contributed by atoms with van der Waals surface area (Å²) >= 11 is 6.00. The first-order valence-corrected chi connectivity index (χ1v) is 8.16. The number of halogens is 1. The van der Waals surface area contributed by atoms with Crippen molar-refractivity contribution in [3.8, 4) is 0 Å². The van der Waals surface area contributed by atoms with Gasteiger partial charge in [0.25, 0.3) is 0 Å². The molecule has 1 aromatic carbocycles. The zero-order valence-electron chi connectivity index (χ0n) is 12.3. The van der Waals surface area contributed by atoms with Crippen molar-refractivity contribution in [3.63, 3.8) is 0 Å². The number of nitrogens with one attached hydrogen (secondary N) is 1. The van der Waals surface area contributed by atoms with Crippen LogP contribution in [0, 0.1) is 5.92 Å². The Kier molecular flexibility index (Phi) is 4.41. The number of hydrogen-bond donors (Lipinski definition) is 3. The van der Waals surface area contributed by atoms with E-state index in [1.54, 1.807) is 6.07 Å². The maximum absolute atomic E-state index is 6.14. The van der Waals surface area contributed by atoms with Crippen LogP contribution in [0.1, 0.15) is 50.1 Å². The molecule has 0 radical (unpaired) electrons. The van der Waals surface area contributed by atoms with Crippen molar-refractivity contribution in [2.24, 2.45) is 11.8 Å². The lowest BCUT2D eigenvalue weighted by molar-refractivity contribution is -0.0982. The molecule has 21 heavy (non-hydrogen) atoms. The second-order valence-corrected chi connectivity index (χ2v) is 6.85. The molecule has 1 aliphatic carbocycles. The summed E-state index contributed by atoms with van der Waals surface area (Å²) in [5.74, 6) is 6.30. The zero-order valence-corrected chi connectivity index (χ0v) is 13.0. The third-order valence-electron chi connectivity index (χ3n) is 5.08. The monoisotopic (exact) mass is 309 g/mol. The Balaban J connectivity index is 1.82. The van der Waals surface area contributed by atoms with Crippen molar-refractivity contribution in [2.45, 2.75) is 50.2 Å². The fourth-order valence-corrected chi connectivity index (χ4v) is 4.21. The zero-order chi connectivity index (χ0) is 14.9. The van der Waals surface area contributed by atoms with Gasteiger partial charge in [-0.1, -0.05) is 30.5 Å². The van der Waals surface area contributed by atoms with Crippen molar-refractivity contribution in [3.05, 3.63) is 28.8 Å². The molecule has 3 rings (SSSR count). The van der Waals surface area contributed by atoms with Crippen LogP contribution in [0.2, 0.25) is 5.02 Å². The normalized spacial score (nSPS) is 26.1. The van der Waals surface area contributed by atoms with Crippen molar-refractivity contribution in [1.82, 2.24) is 5.43 Å². The highest BCUT2D eigenvalue weighted by Crippen LogP contribution is 2.45. The van der Waals surface area contributed by atoms with Gasteiger partial charge in [0.05, 0.1) is 11.6 Å². The van der Waals surface area contributed by atoms with E-state index >= 15 is 0 Å². The maximum Gasteiger partial charge on any atom is 0.0686 e. The molecule has 5 heteroatoms. The first-order chi connectivity index (χ1) is 10.1. The summed E-state index contributed by atoms with van der Waals surface area (Å²) < 4.78 is 6.12. The Morgan fingerprint density at radius 3 is 2.76 bits per heavy atom. The van der Waals surface area contributed by atoms with Crippen LogP contribution in [0.25, 0.3) is 0 Å². The smallest absolute Gasteiger partial charge is 0.0686 e. The summed E-state index contributed by atoms with van der Waals surface area (Å²) in [4.78, 5) is 0. The molecular weight excluding hydrogens is 286 g/mol. The van der Waals surface area contributed by atoms with Gasteiger partial charge in [0.2, 0.25) is 0 Å². The summed E-state index contributed by atoms with van der Waals surface area (Å²) in [5.41, 5.74) is 10.9. The fourth-order valence-electron chi connectivity index (χ4n) is 4.03. The van der Waals surface area contributed by atoms with Gasteiger partial charge in [-0.3, -0.25) is 11.3 Å². The van der Waals surface area contributed by atoms with E-state index in [0.29, 0.717) is 16.6 Å². The Hall–Kier alpha value is -0.810. The fraction of sp³-hybridized carbons (Fsp3) is 0.625. The lowest BCUT2D eigenvalue weighted by Gasteiger charge is -2.41. The van der Waals surface area contributed by atoms with Crippen LogP contribution in [0.5, 0.6) is 0 Å². The minimum Gasteiger partial charge on any atom is -0.398 e. The maximum atomic E-state index is 6.14. The molecule has 5 N–H and O–H groups in total. The highest BCUT2D eigenvalue weighted by molar-refractivity contribution is 6.30. The molecule has 0 amide bonds. The molecule has 2 fully saturated rings. The molecule has 1 aliphatic heterocycles. The van der Waals surface area contributed by atoms with E-state index < -0.39 is 0 Å². The topological polar surface area (TPSA) is 73.3 Å². The summed E-state index contributed by atoms with van der Waals surface area (Å²) in [6.07, 6.45) is 6.98. The molecule has 2 unspecified atom stereocenters. The highest BCUT2D eigenvalue weighted by atomic mass is 35.5. The van der Waals surface area contributed by atoms with Gasteiger partial charge in [0.1, 0.15) is 0 Å². The predicted molar refractivity (Wildman–Crippen MR) is 85.8 cm³/mol. The first-order valence-electron chi connectivity index (χ1n) is 7.79. The van der Waals surface area contributed by atoms with E-state index in [0.717, 1.165) is 25.0 Å². The van der Waals surface area contributed by atoms with Gasteiger partial charge in [0, 0.05) is 17.3 Å². The molecule has 1 spiro atoms. The number of rotatable bonds is 3. The third-order valence-corrected chi connectivity index (χ3v) is 5.32. The minimum atomic E-state index is 0.0589. The number of anilines is 1. The third kappa shape index (κ3) is 3.04. The first kappa shape index (κ1) is 15.1. The summed E-state index contributed by atoms with van der Waals surface area (Å²) in [7, 11) is 0. The number of ether oxygens (including phenoxy) is 1. The van der Waals surface area contributed by atoms with Crippen LogP contribution in [-0.4, -0.2) is 12.2 Å². The van der Waals surface area contributed by atoms with Gasteiger partial charge in [-0.05, 0) is 49.3 Å². The Bertz CT molecular complexity index is 502. The molecule has 1 heterocycles. The van der Waals surface area contributed by atoms with Gasteiger partial charge >= 0.3 is 0 Å². The molecule has 4 nitrogen and oxygen atoms in total. The highest BCUT2D eigenvalue weighted by Gasteiger charge is 2.42. The Labute approximate surface area is 131 Å². The van der Waals surface area contributed by atoms with Crippen LogP contribution in [0.3, 0.4) is 0 Å². The van der Waals surface area contributed by atoms with Crippen molar-refractivity contribution in [2.75, 3.05) is 12.3 Å². The van der Waals surface area contributed by atoms with Crippen LogP contribution in [0.15, 0.2) is 18.2 Å². The Morgan fingerprint density at radius 2 is 2.10 bits per heavy atom. The van der Waals surface area contributed by atoms with Gasteiger partial charge in [-0.15, -0.1) is 0 Å². The van der Waals surface area contributed by atoms with Crippen LogP contribution in [-0.2, 0) is 4.74 Å². The van der Waals surface area contributed by atoms with E-state index in [-0.39, 0.29) is 11.6 Å². The van der Waals surface area contributed by atoms with Gasteiger partial charge in [-0.25, -0.2) is 0 Å². The predicted octanol–water partition coefficient (Wildman–Crippen LogP) is 3.17. The average molecular weight is 310 g/mol. The molecule has 1 saturated heterocycles. The second-order valence-electron chi connectivity index (χ2n) is 6.41. The standard InChI is InChI=1S/C16H24ClN3O/c17-12-3-4-13(14(18)9-12)15(20-19)11-5-8-21-16(10-11)6-1-2-7-16/h3-4,9,11,15,20H,1-2,5-8,10,18-19H2. The minimum absolute atomic E-state index is 0.0589. The quantitative estimate of drug-likeness (QED) is 0.455. The molecule has 1 aromatic rings. The number of nitrogens with two attached hydrogens (primary N) is 2. The van der Waals surface area contributed by atoms with E-state index in [1.165, 1.54) is 25.7 Å². The molecule has 1 saturated carbocycles. The average Bonchev–Trinajstić information content (AvgIpc) is 2.90. The summed E-state index contributed by atoms with van der Waals surface area (Å²) in [5, 5.41) is 0.659. The van der Waals surface area contributed by atoms with Gasteiger partial charge < -0.3 is 10.5 Å². The molecular formula is C16H24ClN3O. The van der Waals surface area contributed by atoms with E-state index in [9.17, 15) is 0 Å². The number of hydrazine groups is 1. The molecule has 2 aliphatic rings. The summed E-state index contributed by atoms with van der Waals surface area (Å²) in [6, 6.07) is 5.72. The van der Waals surface area contributed by atoms with Crippen molar-refractivity contribution < 1.29 is 4.74 Å². The van der Waals surface area contributed by atoms with Crippen LogP contribution < -0.4 is 17.0 Å². The van der Waals surface area contributed by atoms with E-state index in [1.807, 2.05) is 12.1 Å². The molecule has 0 aromatic heterocycles. The summed E-state index contributed by atoms with van der Waals surface area (Å²) in [6.45, 7) is 0.816. The van der Waals surface area contributed by atoms with Gasteiger partial charge in [-0.2, -0.15) is 0 Å². The number of nitrogen functional groups attached to an aromatic ring is 1. The van der Waals surface area contributed by atoms with Gasteiger partial charge in [0.15, 0.2) is 0 Å². The lowest BCUT2D eigenvalue weighted by atomic mass is 9.78. The molecule has 2 atom stereocenters.